The Hall–Kier alpha value is -1.44. The van der Waals surface area contributed by atoms with Gasteiger partial charge in [0.25, 0.3) is 0 Å². The van der Waals surface area contributed by atoms with Crippen LogP contribution in [0.15, 0.2) is 0 Å². The minimum absolute atomic E-state index is 0.0113. The van der Waals surface area contributed by atoms with Crippen molar-refractivity contribution in [2.45, 2.75) is 44.2 Å². The van der Waals surface area contributed by atoms with Gasteiger partial charge in [-0.3, -0.25) is 4.90 Å². The molecule has 2 atom stereocenters. The number of amides is 1. The van der Waals surface area contributed by atoms with Crippen molar-refractivity contribution in [2.75, 3.05) is 5.75 Å². The molecule has 1 heterocycles. The summed E-state index contributed by atoms with van der Waals surface area (Å²) >= 11 is 0.896. The molecule has 1 amide bonds. The fraction of sp³-hybridized carbons (Fsp3) is 0.727. The van der Waals surface area contributed by atoms with Gasteiger partial charge in [-0.05, 0) is 27.7 Å². The van der Waals surface area contributed by atoms with Crippen molar-refractivity contribution >= 4 is 29.8 Å². The van der Waals surface area contributed by atoms with Gasteiger partial charge in [0.2, 0.25) is 0 Å². The zero-order chi connectivity index (χ0) is 15.0. The van der Waals surface area contributed by atoms with E-state index in [1.165, 1.54) is 6.92 Å². The molecule has 0 saturated carbocycles. The number of hydrogen-bond donors (Lipinski definition) is 2. The topological polar surface area (TPSA) is 104 Å². The third-order valence-corrected chi connectivity index (χ3v) is 3.98. The number of hydrogen-bond acceptors (Lipinski definition) is 5. The molecule has 1 rings (SSSR count). The maximum atomic E-state index is 12.1. The van der Waals surface area contributed by atoms with Crippen molar-refractivity contribution in [3.05, 3.63) is 0 Å². The summed E-state index contributed by atoms with van der Waals surface area (Å²) in [5.41, 5.74) is -0.827. The van der Waals surface area contributed by atoms with Crippen LogP contribution in [-0.2, 0) is 14.3 Å². The van der Waals surface area contributed by atoms with Crippen LogP contribution in [0.3, 0.4) is 0 Å². The number of aliphatic carboxylic acids is 2. The Bertz CT molecular complexity index is 418. The SMILES string of the molecule is CC(C)(C)OC(=O)N1[C@H](C(=O)O)CSC1(C)C(=O)O. The van der Waals surface area contributed by atoms with E-state index in [1.807, 2.05) is 0 Å². The number of nitrogens with zero attached hydrogens (tertiary/aromatic N) is 1. The van der Waals surface area contributed by atoms with Gasteiger partial charge in [0.15, 0.2) is 4.87 Å². The molecule has 0 bridgehead atoms. The zero-order valence-electron chi connectivity index (χ0n) is 11.2. The van der Waals surface area contributed by atoms with E-state index in [-0.39, 0.29) is 5.75 Å². The Morgan fingerprint density at radius 3 is 2.21 bits per heavy atom. The van der Waals surface area contributed by atoms with Crippen LogP contribution in [0, 0.1) is 0 Å². The predicted octanol–water partition coefficient (Wildman–Crippen LogP) is 1.22. The fourth-order valence-electron chi connectivity index (χ4n) is 1.64. The molecule has 1 aliphatic rings. The molecule has 8 heteroatoms. The normalized spacial score (nSPS) is 27.2. The minimum atomic E-state index is -1.63. The van der Waals surface area contributed by atoms with Crippen molar-refractivity contribution in [3.8, 4) is 0 Å². The first kappa shape index (κ1) is 15.6. The number of thioether (sulfide) groups is 1. The van der Waals surface area contributed by atoms with Crippen molar-refractivity contribution in [1.82, 2.24) is 4.90 Å². The maximum absolute atomic E-state index is 12.1. The summed E-state index contributed by atoms with van der Waals surface area (Å²) in [7, 11) is 0. The molecule has 1 saturated heterocycles. The van der Waals surface area contributed by atoms with Gasteiger partial charge in [0.05, 0.1) is 0 Å². The van der Waals surface area contributed by atoms with E-state index in [9.17, 15) is 19.5 Å². The highest BCUT2D eigenvalue weighted by Crippen LogP contribution is 2.40. The Balaban J connectivity index is 3.10. The largest absolute Gasteiger partial charge is 0.480 e. The van der Waals surface area contributed by atoms with E-state index in [2.05, 4.69) is 0 Å². The highest BCUT2D eigenvalue weighted by atomic mass is 32.2. The average molecular weight is 291 g/mol. The number of rotatable bonds is 2. The van der Waals surface area contributed by atoms with E-state index < -0.39 is 34.5 Å². The molecule has 108 valence electrons. The summed E-state index contributed by atoms with van der Waals surface area (Å²) in [6.07, 6.45) is -0.935. The van der Waals surface area contributed by atoms with E-state index >= 15 is 0 Å². The highest BCUT2D eigenvalue weighted by molar-refractivity contribution is 8.01. The first-order chi connectivity index (χ1) is 8.49. The fourth-order valence-corrected chi connectivity index (χ4v) is 2.88. The second-order valence-electron chi connectivity index (χ2n) is 5.30. The molecule has 2 N–H and O–H groups in total. The van der Waals surface area contributed by atoms with Crippen LogP contribution in [0.25, 0.3) is 0 Å². The van der Waals surface area contributed by atoms with Gasteiger partial charge in [-0.1, -0.05) is 0 Å². The van der Waals surface area contributed by atoms with E-state index in [0.29, 0.717) is 0 Å². The molecule has 0 aromatic heterocycles. The lowest BCUT2D eigenvalue weighted by Crippen LogP contribution is -2.56. The summed E-state index contributed by atoms with van der Waals surface area (Å²) in [5, 5.41) is 18.3. The molecule has 1 unspecified atom stereocenters. The van der Waals surface area contributed by atoms with Crippen molar-refractivity contribution in [2.24, 2.45) is 0 Å². The van der Waals surface area contributed by atoms with E-state index in [4.69, 9.17) is 9.84 Å². The maximum Gasteiger partial charge on any atom is 0.412 e. The predicted molar refractivity (Wildman–Crippen MR) is 68.0 cm³/mol. The molecule has 1 aliphatic heterocycles. The van der Waals surface area contributed by atoms with Gasteiger partial charge in [-0.25, -0.2) is 14.4 Å². The Morgan fingerprint density at radius 1 is 1.32 bits per heavy atom. The van der Waals surface area contributed by atoms with Crippen LogP contribution < -0.4 is 0 Å². The molecule has 0 aromatic rings. The Labute approximate surface area is 114 Å². The lowest BCUT2D eigenvalue weighted by Gasteiger charge is -2.34. The lowest BCUT2D eigenvalue weighted by molar-refractivity contribution is -0.149. The number of carbonyl (C=O) groups is 3. The van der Waals surface area contributed by atoms with Crippen molar-refractivity contribution in [3.63, 3.8) is 0 Å². The Morgan fingerprint density at radius 2 is 1.84 bits per heavy atom. The monoisotopic (exact) mass is 291 g/mol. The van der Waals surface area contributed by atoms with Gasteiger partial charge in [-0.2, -0.15) is 0 Å². The highest BCUT2D eigenvalue weighted by Gasteiger charge is 2.55. The van der Waals surface area contributed by atoms with Gasteiger partial charge in [0.1, 0.15) is 11.6 Å². The number of carboxylic acids is 2. The second kappa shape index (κ2) is 4.92. The molecule has 7 nitrogen and oxygen atoms in total. The summed E-state index contributed by atoms with van der Waals surface area (Å²) in [6.45, 7) is 6.18. The molecule has 19 heavy (non-hydrogen) atoms. The van der Waals surface area contributed by atoms with Crippen LogP contribution >= 0.6 is 11.8 Å². The summed E-state index contributed by atoms with van der Waals surface area (Å²) in [6, 6.07) is -1.21. The summed E-state index contributed by atoms with van der Waals surface area (Å²) in [5.74, 6) is -2.51. The van der Waals surface area contributed by atoms with Crippen LogP contribution in [0.4, 0.5) is 4.79 Å². The molecule has 0 aliphatic carbocycles. The zero-order valence-corrected chi connectivity index (χ0v) is 12.0. The van der Waals surface area contributed by atoms with Crippen LogP contribution in [0.1, 0.15) is 27.7 Å². The first-order valence-corrected chi connectivity index (χ1v) is 6.60. The third kappa shape index (κ3) is 3.12. The second-order valence-corrected chi connectivity index (χ2v) is 6.72. The van der Waals surface area contributed by atoms with Crippen LogP contribution in [0.2, 0.25) is 0 Å². The smallest absolute Gasteiger partial charge is 0.412 e. The van der Waals surface area contributed by atoms with Crippen LogP contribution in [-0.4, -0.2) is 55.4 Å². The van der Waals surface area contributed by atoms with Crippen molar-refractivity contribution < 1.29 is 29.3 Å². The minimum Gasteiger partial charge on any atom is -0.480 e. The van der Waals surface area contributed by atoms with E-state index in [1.54, 1.807) is 20.8 Å². The standard InChI is InChI=1S/C11H17NO6S/c1-10(2,3)18-9(17)12-6(7(13)14)5-19-11(12,4)8(15)16/h6H,5H2,1-4H3,(H,13,14)(H,15,16)/t6-,11?/m0/s1. The molecule has 0 spiro atoms. The van der Waals surface area contributed by atoms with Gasteiger partial charge >= 0.3 is 18.0 Å². The molecule has 0 radical (unpaired) electrons. The average Bonchev–Trinajstić information content (AvgIpc) is 2.54. The quantitative estimate of drug-likeness (QED) is 0.788. The van der Waals surface area contributed by atoms with E-state index in [0.717, 1.165) is 16.7 Å². The summed E-state index contributed by atoms with van der Waals surface area (Å²) in [4.78, 5) is 33.7. The van der Waals surface area contributed by atoms with Crippen molar-refractivity contribution in [1.29, 1.82) is 0 Å². The number of ether oxygens (including phenoxy) is 1. The number of carbonyl (C=O) groups excluding carboxylic acids is 1. The summed E-state index contributed by atoms with van der Waals surface area (Å²) < 4.78 is 5.09. The molecular weight excluding hydrogens is 274 g/mol. The number of carboxylic acid groups (broad SMARTS) is 2. The van der Waals surface area contributed by atoms with Gasteiger partial charge in [-0.15, -0.1) is 11.8 Å². The van der Waals surface area contributed by atoms with Gasteiger partial charge < -0.3 is 14.9 Å². The first-order valence-electron chi connectivity index (χ1n) is 5.61. The molecule has 0 aromatic carbocycles. The van der Waals surface area contributed by atoms with Crippen LogP contribution in [0.5, 0.6) is 0 Å². The molecule has 1 fully saturated rings. The third-order valence-electron chi connectivity index (χ3n) is 2.57. The lowest BCUT2D eigenvalue weighted by atomic mass is 10.2. The van der Waals surface area contributed by atoms with Gasteiger partial charge in [0, 0.05) is 5.75 Å². The Kier molecular flexibility index (Phi) is 4.04. The molecular formula is C11H17NO6S.